The van der Waals surface area contributed by atoms with E-state index < -0.39 is 0 Å². The lowest BCUT2D eigenvalue weighted by Crippen LogP contribution is -2.27. The van der Waals surface area contributed by atoms with Gasteiger partial charge >= 0.3 is 0 Å². The fourth-order valence-electron chi connectivity index (χ4n) is 2.40. The lowest BCUT2D eigenvalue weighted by atomic mass is 10.1. The highest BCUT2D eigenvalue weighted by Gasteiger charge is 2.10. The monoisotopic (exact) mass is 341 g/mol. The van der Waals surface area contributed by atoms with Gasteiger partial charge in [-0.15, -0.1) is 0 Å². The van der Waals surface area contributed by atoms with Gasteiger partial charge in [0.05, 0.1) is 24.9 Å². The molecule has 25 heavy (non-hydrogen) atoms. The molecule has 0 radical (unpaired) electrons. The molecule has 0 saturated heterocycles. The molecule has 2 aromatic heterocycles. The van der Waals surface area contributed by atoms with Crippen molar-refractivity contribution >= 4 is 5.91 Å². The lowest BCUT2D eigenvalue weighted by Gasteiger charge is -2.01. The van der Waals surface area contributed by atoms with Gasteiger partial charge in [-0.25, -0.2) is 0 Å². The zero-order chi connectivity index (χ0) is 17.6. The second kappa shape index (κ2) is 7.65. The quantitative estimate of drug-likeness (QED) is 0.710. The molecule has 0 aliphatic heterocycles. The minimum Gasteiger partial charge on any atom is -0.497 e. The maximum atomic E-state index is 11.9. The van der Waals surface area contributed by atoms with Crippen molar-refractivity contribution in [3.8, 4) is 17.1 Å². The van der Waals surface area contributed by atoms with E-state index in [-0.39, 0.29) is 12.3 Å². The molecule has 130 valence electrons. The van der Waals surface area contributed by atoms with Gasteiger partial charge in [-0.3, -0.25) is 4.79 Å². The summed E-state index contributed by atoms with van der Waals surface area (Å²) < 4.78 is 15.5. The number of amides is 1. The third-order valence-corrected chi connectivity index (χ3v) is 3.63. The summed E-state index contributed by atoms with van der Waals surface area (Å²) in [5, 5.41) is 10.7. The number of nitrogens with zero attached hydrogens (tertiary/aromatic N) is 2. The number of nitrogens with one attached hydrogen (secondary N) is 1. The molecule has 2 heterocycles. The Morgan fingerprint density at radius 1 is 1.16 bits per heavy atom. The molecule has 7 heteroatoms. The fourth-order valence-corrected chi connectivity index (χ4v) is 2.40. The third kappa shape index (κ3) is 4.47. The SMILES string of the molecule is COc1cccc(-c2cc(CCNC(=O)Cc3cc(C)on3)no2)c1. The first-order valence-corrected chi connectivity index (χ1v) is 7.93. The van der Waals surface area contributed by atoms with Gasteiger partial charge in [-0.1, -0.05) is 22.4 Å². The number of hydrogen-bond donors (Lipinski definition) is 1. The number of aryl methyl sites for hydroxylation is 1. The summed E-state index contributed by atoms with van der Waals surface area (Å²) in [6.07, 6.45) is 0.780. The number of aromatic nitrogens is 2. The summed E-state index contributed by atoms with van der Waals surface area (Å²) in [7, 11) is 1.62. The van der Waals surface area contributed by atoms with Crippen molar-refractivity contribution in [1.82, 2.24) is 15.6 Å². The van der Waals surface area contributed by atoms with Crippen molar-refractivity contribution in [3.63, 3.8) is 0 Å². The summed E-state index contributed by atoms with van der Waals surface area (Å²) in [4.78, 5) is 11.9. The van der Waals surface area contributed by atoms with Crippen molar-refractivity contribution in [2.45, 2.75) is 19.8 Å². The summed E-state index contributed by atoms with van der Waals surface area (Å²) >= 11 is 0. The van der Waals surface area contributed by atoms with Crippen LogP contribution in [0.2, 0.25) is 0 Å². The normalized spacial score (nSPS) is 10.6. The van der Waals surface area contributed by atoms with E-state index in [9.17, 15) is 4.79 Å². The topological polar surface area (TPSA) is 90.4 Å². The van der Waals surface area contributed by atoms with Gasteiger partial charge in [0.25, 0.3) is 0 Å². The number of methoxy groups -OCH3 is 1. The van der Waals surface area contributed by atoms with E-state index in [1.807, 2.05) is 30.3 Å². The molecule has 0 bridgehead atoms. The van der Waals surface area contributed by atoms with Crippen LogP contribution in [0.1, 0.15) is 17.1 Å². The zero-order valence-electron chi connectivity index (χ0n) is 14.1. The number of ether oxygens (including phenoxy) is 1. The van der Waals surface area contributed by atoms with Crippen LogP contribution in [-0.2, 0) is 17.6 Å². The van der Waals surface area contributed by atoms with Crippen LogP contribution in [-0.4, -0.2) is 29.9 Å². The number of hydrogen-bond acceptors (Lipinski definition) is 6. The molecule has 0 atom stereocenters. The first-order valence-electron chi connectivity index (χ1n) is 7.93. The molecule has 1 N–H and O–H groups in total. The molecule has 7 nitrogen and oxygen atoms in total. The molecule has 3 rings (SSSR count). The molecule has 0 unspecified atom stereocenters. The summed E-state index contributed by atoms with van der Waals surface area (Å²) in [5.74, 6) is 2.00. The van der Waals surface area contributed by atoms with Gasteiger partial charge in [0.1, 0.15) is 11.5 Å². The maximum Gasteiger partial charge on any atom is 0.226 e. The van der Waals surface area contributed by atoms with Crippen LogP contribution < -0.4 is 10.1 Å². The lowest BCUT2D eigenvalue weighted by molar-refractivity contribution is -0.120. The zero-order valence-corrected chi connectivity index (χ0v) is 14.1. The molecule has 0 aliphatic rings. The Bertz CT molecular complexity index is 853. The molecule has 0 spiro atoms. The molecule has 0 aliphatic carbocycles. The second-order valence-electron chi connectivity index (χ2n) is 5.62. The summed E-state index contributed by atoms with van der Waals surface area (Å²) in [5.41, 5.74) is 2.29. The minimum atomic E-state index is -0.107. The smallest absolute Gasteiger partial charge is 0.226 e. The molecular formula is C18H19N3O4. The first-order chi connectivity index (χ1) is 12.1. The van der Waals surface area contributed by atoms with Gasteiger partial charge < -0.3 is 19.1 Å². The van der Waals surface area contributed by atoms with Gasteiger partial charge in [-0.2, -0.15) is 0 Å². The number of carbonyl (C=O) groups is 1. The Morgan fingerprint density at radius 3 is 2.76 bits per heavy atom. The molecule has 0 fully saturated rings. The largest absolute Gasteiger partial charge is 0.497 e. The van der Waals surface area contributed by atoms with Crippen molar-refractivity contribution in [2.75, 3.05) is 13.7 Å². The van der Waals surface area contributed by atoms with Crippen molar-refractivity contribution in [3.05, 3.63) is 53.5 Å². The first kappa shape index (κ1) is 16.8. The Balaban J connectivity index is 1.50. The highest BCUT2D eigenvalue weighted by molar-refractivity contribution is 5.78. The van der Waals surface area contributed by atoms with Gasteiger partial charge in [0.2, 0.25) is 5.91 Å². The maximum absolute atomic E-state index is 11.9. The Morgan fingerprint density at radius 2 is 2.00 bits per heavy atom. The van der Waals surface area contributed by atoms with Gasteiger partial charge in [0, 0.05) is 30.7 Å². The number of benzene rings is 1. The van der Waals surface area contributed by atoms with Crippen LogP contribution in [0.15, 0.2) is 45.4 Å². The molecular weight excluding hydrogens is 322 g/mol. The van der Waals surface area contributed by atoms with E-state index in [4.69, 9.17) is 13.8 Å². The predicted octanol–water partition coefficient (Wildman–Crippen LogP) is 2.55. The Hall–Kier alpha value is -3.09. The van der Waals surface area contributed by atoms with Crippen molar-refractivity contribution < 1.29 is 18.6 Å². The van der Waals surface area contributed by atoms with E-state index in [0.717, 1.165) is 17.0 Å². The fraction of sp³-hybridized carbons (Fsp3) is 0.278. The van der Waals surface area contributed by atoms with Gasteiger partial charge in [0.15, 0.2) is 5.76 Å². The van der Waals surface area contributed by atoms with Crippen LogP contribution >= 0.6 is 0 Å². The molecule has 0 saturated carbocycles. The Kier molecular flexibility index (Phi) is 5.13. The molecule has 3 aromatic rings. The van der Waals surface area contributed by atoms with Crippen LogP contribution in [0, 0.1) is 6.92 Å². The van der Waals surface area contributed by atoms with Gasteiger partial charge in [-0.05, 0) is 19.1 Å². The molecule has 1 aromatic carbocycles. The van der Waals surface area contributed by atoms with E-state index >= 15 is 0 Å². The van der Waals surface area contributed by atoms with E-state index in [0.29, 0.717) is 30.2 Å². The van der Waals surface area contributed by atoms with E-state index in [1.54, 1.807) is 20.1 Å². The number of carbonyl (C=O) groups excluding carboxylic acids is 1. The average molecular weight is 341 g/mol. The van der Waals surface area contributed by atoms with Crippen LogP contribution in [0.4, 0.5) is 0 Å². The van der Waals surface area contributed by atoms with Crippen molar-refractivity contribution in [2.24, 2.45) is 0 Å². The highest BCUT2D eigenvalue weighted by Crippen LogP contribution is 2.24. The highest BCUT2D eigenvalue weighted by atomic mass is 16.5. The van der Waals surface area contributed by atoms with E-state index in [2.05, 4.69) is 15.6 Å². The summed E-state index contributed by atoms with van der Waals surface area (Å²) in [6.45, 7) is 2.26. The third-order valence-electron chi connectivity index (χ3n) is 3.63. The number of rotatable bonds is 7. The average Bonchev–Trinajstić information content (AvgIpc) is 3.24. The van der Waals surface area contributed by atoms with Crippen LogP contribution in [0.5, 0.6) is 5.75 Å². The predicted molar refractivity (Wildman–Crippen MR) is 90.1 cm³/mol. The second-order valence-corrected chi connectivity index (χ2v) is 5.62. The summed E-state index contributed by atoms with van der Waals surface area (Å²) in [6, 6.07) is 11.2. The van der Waals surface area contributed by atoms with Crippen LogP contribution in [0.25, 0.3) is 11.3 Å². The Labute approximate surface area is 144 Å². The van der Waals surface area contributed by atoms with Crippen molar-refractivity contribution in [1.29, 1.82) is 0 Å². The van der Waals surface area contributed by atoms with Crippen LogP contribution in [0.3, 0.4) is 0 Å². The standard InChI is InChI=1S/C18H19N3O4/c1-12-8-15(21-24-12)11-18(22)19-7-6-14-10-17(25-20-14)13-4-3-5-16(9-13)23-2/h3-5,8-10H,6-7,11H2,1-2H3,(H,19,22). The van der Waals surface area contributed by atoms with E-state index in [1.165, 1.54) is 0 Å². The molecule has 1 amide bonds. The minimum absolute atomic E-state index is 0.107.